The number of ether oxygens (including phenoxy) is 3. The normalized spacial score (nSPS) is 20.1. The number of aliphatic hydroxyl groups excluding tert-OH is 2. The fourth-order valence-corrected chi connectivity index (χ4v) is 5.31. The third-order valence-corrected chi connectivity index (χ3v) is 8.26. The van der Waals surface area contributed by atoms with Crippen LogP contribution in [0.4, 0.5) is 0 Å². The number of hydrogen-bond donors (Lipinski definition) is 4. The Hall–Kier alpha value is -1.58. The summed E-state index contributed by atoms with van der Waals surface area (Å²) in [4.78, 5) is 13.0. The molecular formula is C30H53ClN2O6. The van der Waals surface area contributed by atoms with Crippen LogP contribution in [0.25, 0.3) is 0 Å². The van der Waals surface area contributed by atoms with E-state index in [1.807, 2.05) is 32.0 Å². The van der Waals surface area contributed by atoms with Gasteiger partial charge in [0.2, 0.25) is 5.91 Å². The molecule has 9 heteroatoms. The summed E-state index contributed by atoms with van der Waals surface area (Å²) in [7, 11) is 3.31. The van der Waals surface area contributed by atoms with Gasteiger partial charge in [-0.1, -0.05) is 33.8 Å². The van der Waals surface area contributed by atoms with Crippen molar-refractivity contribution < 1.29 is 29.2 Å². The standard InChI is InChI=1S/C30H52N2O6.ClH/c1-20(2)22(16-21-8-13-27(37-6)28(17-21)38-15-7-14-36-5)18-25(31)26(34)19-32-29(35)30(3,4)23-9-11-24(33)12-10-23;/h8,13,17,20,22-26,33-34H,7,9-12,14-16,18-19,31H2,1-6H3,(H,32,35);1H/t22-,23?,24?,25-,26-;/m0./s1. The molecule has 0 aromatic heterocycles. The van der Waals surface area contributed by atoms with Gasteiger partial charge in [-0.2, -0.15) is 0 Å². The maximum Gasteiger partial charge on any atom is 0.226 e. The lowest BCUT2D eigenvalue weighted by molar-refractivity contribution is -0.134. The molecule has 0 radical (unpaired) electrons. The van der Waals surface area contributed by atoms with Crippen molar-refractivity contribution in [1.82, 2.24) is 5.32 Å². The highest BCUT2D eigenvalue weighted by atomic mass is 35.5. The Morgan fingerprint density at radius 2 is 1.79 bits per heavy atom. The molecule has 5 N–H and O–H groups in total. The molecule has 0 aliphatic heterocycles. The summed E-state index contributed by atoms with van der Waals surface area (Å²) in [5.41, 5.74) is 7.02. The quantitative estimate of drug-likeness (QED) is 0.220. The van der Waals surface area contributed by atoms with Gasteiger partial charge in [0.15, 0.2) is 11.5 Å². The second-order valence-electron chi connectivity index (χ2n) is 11.8. The van der Waals surface area contributed by atoms with E-state index in [1.54, 1.807) is 14.2 Å². The lowest BCUT2D eigenvalue weighted by atomic mass is 9.70. The highest BCUT2D eigenvalue weighted by Crippen LogP contribution is 2.38. The van der Waals surface area contributed by atoms with E-state index in [9.17, 15) is 15.0 Å². The van der Waals surface area contributed by atoms with Crippen LogP contribution in [0.2, 0.25) is 0 Å². The first kappa shape index (κ1) is 35.4. The van der Waals surface area contributed by atoms with Crippen molar-refractivity contribution in [2.45, 2.75) is 90.9 Å². The zero-order valence-corrected chi connectivity index (χ0v) is 25.6. The predicted octanol–water partition coefficient (Wildman–Crippen LogP) is 4.12. The van der Waals surface area contributed by atoms with Crippen LogP contribution >= 0.6 is 12.4 Å². The van der Waals surface area contributed by atoms with Gasteiger partial charge in [0.05, 0.1) is 25.9 Å². The Bertz CT molecular complexity index is 845. The van der Waals surface area contributed by atoms with Gasteiger partial charge in [0.25, 0.3) is 0 Å². The third kappa shape index (κ3) is 11.1. The van der Waals surface area contributed by atoms with Gasteiger partial charge in [-0.05, 0) is 74.0 Å². The van der Waals surface area contributed by atoms with Crippen LogP contribution in [-0.2, 0) is 16.0 Å². The minimum atomic E-state index is -0.834. The number of methoxy groups -OCH3 is 2. The summed E-state index contributed by atoms with van der Waals surface area (Å²) >= 11 is 0. The first-order chi connectivity index (χ1) is 18.0. The molecule has 1 saturated carbocycles. The second kappa shape index (κ2) is 17.3. The van der Waals surface area contributed by atoms with Crippen LogP contribution in [-0.4, -0.2) is 68.3 Å². The molecule has 226 valence electrons. The van der Waals surface area contributed by atoms with Crippen molar-refractivity contribution in [3.63, 3.8) is 0 Å². The van der Waals surface area contributed by atoms with Crippen LogP contribution < -0.4 is 20.5 Å². The molecule has 0 heterocycles. The number of carbonyl (C=O) groups excluding carboxylic acids is 1. The van der Waals surface area contributed by atoms with E-state index in [2.05, 4.69) is 19.2 Å². The minimum Gasteiger partial charge on any atom is -0.493 e. The van der Waals surface area contributed by atoms with E-state index < -0.39 is 17.6 Å². The van der Waals surface area contributed by atoms with Crippen LogP contribution in [0.3, 0.4) is 0 Å². The molecule has 0 spiro atoms. The summed E-state index contributed by atoms with van der Waals surface area (Å²) in [6, 6.07) is 5.54. The predicted molar refractivity (Wildman–Crippen MR) is 158 cm³/mol. The monoisotopic (exact) mass is 572 g/mol. The average molecular weight is 573 g/mol. The Labute approximate surface area is 241 Å². The van der Waals surface area contributed by atoms with Gasteiger partial charge in [0.1, 0.15) is 0 Å². The summed E-state index contributed by atoms with van der Waals surface area (Å²) < 4.78 is 16.5. The molecule has 1 aromatic carbocycles. The van der Waals surface area contributed by atoms with E-state index in [-0.39, 0.29) is 42.8 Å². The van der Waals surface area contributed by atoms with Gasteiger partial charge in [0, 0.05) is 38.1 Å². The molecule has 39 heavy (non-hydrogen) atoms. The molecular weight excluding hydrogens is 520 g/mol. The number of rotatable bonds is 16. The zero-order valence-electron chi connectivity index (χ0n) is 24.8. The highest BCUT2D eigenvalue weighted by Gasteiger charge is 2.38. The van der Waals surface area contributed by atoms with E-state index in [0.717, 1.165) is 44.1 Å². The van der Waals surface area contributed by atoms with Crippen molar-refractivity contribution in [2.75, 3.05) is 34.0 Å². The van der Waals surface area contributed by atoms with Gasteiger partial charge in [-0.3, -0.25) is 4.79 Å². The van der Waals surface area contributed by atoms with Crippen LogP contribution in [0.1, 0.15) is 71.8 Å². The topological polar surface area (TPSA) is 123 Å². The molecule has 1 amide bonds. The molecule has 2 rings (SSSR count). The fourth-order valence-electron chi connectivity index (χ4n) is 5.31. The van der Waals surface area contributed by atoms with Gasteiger partial charge < -0.3 is 35.5 Å². The van der Waals surface area contributed by atoms with Crippen molar-refractivity contribution >= 4 is 18.3 Å². The molecule has 1 aliphatic rings. The molecule has 1 aromatic rings. The number of aliphatic hydroxyl groups is 2. The first-order valence-corrected chi connectivity index (χ1v) is 14.2. The molecule has 0 bridgehead atoms. The second-order valence-corrected chi connectivity index (χ2v) is 11.8. The Balaban J connectivity index is 0.00000760. The smallest absolute Gasteiger partial charge is 0.226 e. The first-order valence-electron chi connectivity index (χ1n) is 14.2. The van der Waals surface area contributed by atoms with Crippen LogP contribution in [0, 0.1) is 23.2 Å². The van der Waals surface area contributed by atoms with Crippen LogP contribution in [0.5, 0.6) is 11.5 Å². The molecule has 0 saturated heterocycles. The largest absolute Gasteiger partial charge is 0.493 e. The summed E-state index contributed by atoms with van der Waals surface area (Å²) in [5.74, 6) is 2.17. The molecule has 3 atom stereocenters. The van der Waals surface area contributed by atoms with Crippen molar-refractivity contribution in [1.29, 1.82) is 0 Å². The Morgan fingerprint density at radius 3 is 2.38 bits per heavy atom. The number of nitrogens with one attached hydrogen (secondary N) is 1. The molecule has 0 unspecified atom stereocenters. The zero-order chi connectivity index (χ0) is 28.3. The van der Waals surface area contributed by atoms with Crippen molar-refractivity contribution in [2.24, 2.45) is 28.9 Å². The molecule has 1 fully saturated rings. The minimum absolute atomic E-state index is 0. The summed E-state index contributed by atoms with van der Waals surface area (Å²) in [6.07, 6.45) is 4.29. The average Bonchev–Trinajstić information content (AvgIpc) is 2.89. The summed E-state index contributed by atoms with van der Waals surface area (Å²) in [5, 5.41) is 23.5. The molecule has 1 aliphatic carbocycles. The number of benzene rings is 1. The number of carbonyl (C=O) groups is 1. The number of halogens is 1. The Kier molecular flexibility index (Phi) is 15.7. The van der Waals surface area contributed by atoms with E-state index >= 15 is 0 Å². The lowest BCUT2D eigenvalue weighted by Gasteiger charge is -2.37. The maximum absolute atomic E-state index is 13.0. The lowest BCUT2D eigenvalue weighted by Crippen LogP contribution is -2.49. The number of nitrogens with two attached hydrogens (primary N) is 1. The SMILES string of the molecule is COCCCOc1cc(C[C@@H](C[C@H](N)[C@@H](O)CNC(=O)C(C)(C)C2CCC(O)CC2)C(C)C)ccc1OC.Cl. The van der Waals surface area contributed by atoms with E-state index in [0.29, 0.717) is 37.1 Å². The van der Waals surface area contributed by atoms with E-state index in [4.69, 9.17) is 19.9 Å². The van der Waals surface area contributed by atoms with Gasteiger partial charge >= 0.3 is 0 Å². The summed E-state index contributed by atoms with van der Waals surface area (Å²) in [6.45, 7) is 9.56. The van der Waals surface area contributed by atoms with Crippen LogP contribution in [0.15, 0.2) is 18.2 Å². The molecule has 8 nitrogen and oxygen atoms in total. The fraction of sp³-hybridized carbons (Fsp3) is 0.767. The van der Waals surface area contributed by atoms with E-state index in [1.165, 1.54) is 0 Å². The number of hydrogen-bond acceptors (Lipinski definition) is 7. The third-order valence-electron chi connectivity index (χ3n) is 8.26. The van der Waals surface area contributed by atoms with Crippen molar-refractivity contribution in [3.8, 4) is 11.5 Å². The maximum atomic E-state index is 13.0. The van der Waals surface area contributed by atoms with Gasteiger partial charge in [-0.15, -0.1) is 12.4 Å². The Morgan fingerprint density at radius 1 is 1.13 bits per heavy atom. The highest BCUT2D eigenvalue weighted by molar-refractivity contribution is 5.85. The number of amides is 1. The van der Waals surface area contributed by atoms with Crippen molar-refractivity contribution in [3.05, 3.63) is 23.8 Å². The van der Waals surface area contributed by atoms with Gasteiger partial charge in [-0.25, -0.2) is 0 Å².